The molecule has 20 heavy (non-hydrogen) atoms. The van der Waals surface area contributed by atoms with E-state index < -0.39 is 15.9 Å². The number of hydrogen-bond acceptors (Lipinski definition) is 5. The zero-order valence-electron chi connectivity index (χ0n) is 10.6. The van der Waals surface area contributed by atoms with Gasteiger partial charge in [-0.3, -0.25) is 4.79 Å². The van der Waals surface area contributed by atoms with Crippen molar-refractivity contribution in [2.75, 3.05) is 19.8 Å². The number of primary sulfonamides is 1. The van der Waals surface area contributed by atoms with Gasteiger partial charge < -0.3 is 14.5 Å². The maximum Gasteiger partial charge on any atom is 0.287 e. The number of nitrogens with one attached hydrogen (secondary N) is 1. The van der Waals surface area contributed by atoms with Crippen molar-refractivity contribution >= 4 is 31.9 Å². The molecular formula is C11H15BrN2O5S. The van der Waals surface area contributed by atoms with E-state index >= 15 is 0 Å². The van der Waals surface area contributed by atoms with E-state index in [-0.39, 0.29) is 15.3 Å². The van der Waals surface area contributed by atoms with E-state index in [1.54, 1.807) is 0 Å². The first-order valence-corrected chi connectivity index (χ1v) is 8.40. The van der Waals surface area contributed by atoms with E-state index in [1.807, 2.05) is 0 Å². The lowest BCUT2D eigenvalue weighted by atomic mass is 10.4. The summed E-state index contributed by atoms with van der Waals surface area (Å²) in [7, 11) is -3.92. The van der Waals surface area contributed by atoms with Crippen LogP contribution in [-0.2, 0) is 14.8 Å². The third-order valence-electron chi connectivity index (χ3n) is 2.77. The third-order valence-corrected chi connectivity index (χ3v) is 4.54. The lowest BCUT2D eigenvalue weighted by Gasteiger charge is -2.04. The van der Waals surface area contributed by atoms with Gasteiger partial charge in [-0.1, -0.05) is 0 Å². The van der Waals surface area contributed by atoms with Gasteiger partial charge in [-0.05, 0) is 34.7 Å². The lowest BCUT2D eigenvalue weighted by Crippen LogP contribution is -2.27. The first-order chi connectivity index (χ1) is 9.38. The van der Waals surface area contributed by atoms with Crippen molar-refractivity contribution in [3.63, 3.8) is 0 Å². The average Bonchev–Trinajstić information content (AvgIpc) is 3.08. The number of ether oxygens (including phenoxy) is 1. The number of sulfonamides is 1. The topological polar surface area (TPSA) is 112 Å². The summed E-state index contributed by atoms with van der Waals surface area (Å²) in [6.07, 6.45) is 2.42. The molecule has 0 atom stereocenters. The van der Waals surface area contributed by atoms with Crippen LogP contribution < -0.4 is 10.5 Å². The quantitative estimate of drug-likeness (QED) is 0.694. The van der Waals surface area contributed by atoms with Gasteiger partial charge in [-0.25, -0.2) is 13.6 Å². The van der Waals surface area contributed by atoms with Crippen LogP contribution in [0, 0.1) is 5.92 Å². The molecule has 0 spiro atoms. The second kappa shape index (κ2) is 6.25. The minimum Gasteiger partial charge on any atom is -0.443 e. The zero-order chi connectivity index (χ0) is 14.8. The monoisotopic (exact) mass is 366 g/mol. The highest BCUT2D eigenvalue weighted by Crippen LogP contribution is 2.28. The Kier molecular flexibility index (Phi) is 4.84. The number of furan rings is 1. The maximum atomic E-state index is 11.7. The van der Waals surface area contributed by atoms with Crippen LogP contribution in [0.4, 0.5) is 0 Å². The van der Waals surface area contributed by atoms with E-state index in [2.05, 4.69) is 21.2 Å². The molecule has 1 aliphatic rings. The Morgan fingerprint density at radius 1 is 1.55 bits per heavy atom. The number of carbonyl (C=O) groups is 1. The van der Waals surface area contributed by atoms with E-state index in [1.165, 1.54) is 12.8 Å². The zero-order valence-corrected chi connectivity index (χ0v) is 13.0. The Hall–Kier alpha value is -0.900. The second-order valence-electron chi connectivity index (χ2n) is 4.57. The molecule has 7 nitrogen and oxygen atoms in total. The SMILES string of the molecule is NS(=O)(=O)c1cc(C(=O)NCCOCC2CC2)oc1Br. The smallest absolute Gasteiger partial charge is 0.287 e. The van der Waals surface area contributed by atoms with Gasteiger partial charge >= 0.3 is 0 Å². The molecule has 0 radical (unpaired) electrons. The number of halogens is 1. The standard InChI is InChI=1S/C11H15BrN2O5S/c12-10-9(20(13,16)17)5-8(19-10)11(15)14-3-4-18-6-7-1-2-7/h5,7H,1-4,6H2,(H,14,15)(H2,13,16,17). The fourth-order valence-corrected chi connectivity index (χ4v) is 3.02. The molecular weight excluding hydrogens is 352 g/mol. The Labute approximate surface area is 125 Å². The van der Waals surface area contributed by atoms with Crippen molar-refractivity contribution in [2.24, 2.45) is 11.1 Å². The lowest BCUT2D eigenvalue weighted by molar-refractivity contribution is 0.0880. The maximum absolute atomic E-state index is 11.7. The van der Waals surface area contributed by atoms with Crippen molar-refractivity contribution in [1.82, 2.24) is 5.32 Å². The van der Waals surface area contributed by atoms with Gasteiger partial charge in [0.15, 0.2) is 10.4 Å². The van der Waals surface area contributed by atoms with Crippen LogP contribution >= 0.6 is 15.9 Å². The van der Waals surface area contributed by atoms with Gasteiger partial charge in [0.05, 0.1) is 6.61 Å². The van der Waals surface area contributed by atoms with E-state index in [0.717, 1.165) is 12.7 Å². The molecule has 1 aromatic heterocycles. The molecule has 1 saturated carbocycles. The van der Waals surface area contributed by atoms with Crippen LogP contribution in [0.25, 0.3) is 0 Å². The van der Waals surface area contributed by atoms with Gasteiger partial charge in [-0.15, -0.1) is 0 Å². The van der Waals surface area contributed by atoms with Crippen LogP contribution in [-0.4, -0.2) is 34.1 Å². The highest BCUT2D eigenvalue weighted by Gasteiger charge is 2.22. The van der Waals surface area contributed by atoms with Crippen LogP contribution in [0.1, 0.15) is 23.4 Å². The van der Waals surface area contributed by atoms with Crippen molar-refractivity contribution in [2.45, 2.75) is 17.7 Å². The molecule has 0 unspecified atom stereocenters. The predicted molar refractivity (Wildman–Crippen MR) is 73.7 cm³/mol. The average molecular weight is 367 g/mol. The van der Waals surface area contributed by atoms with Crippen molar-refractivity contribution in [3.05, 3.63) is 16.5 Å². The highest BCUT2D eigenvalue weighted by molar-refractivity contribution is 9.10. The van der Waals surface area contributed by atoms with E-state index in [9.17, 15) is 13.2 Å². The number of rotatable bonds is 7. The van der Waals surface area contributed by atoms with Crippen LogP contribution in [0.3, 0.4) is 0 Å². The fourth-order valence-electron chi connectivity index (χ4n) is 1.52. The Bertz CT molecular complexity index is 594. The highest BCUT2D eigenvalue weighted by atomic mass is 79.9. The van der Waals surface area contributed by atoms with Crippen molar-refractivity contribution in [1.29, 1.82) is 0 Å². The van der Waals surface area contributed by atoms with Crippen LogP contribution in [0.15, 0.2) is 20.0 Å². The Morgan fingerprint density at radius 2 is 2.25 bits per heavy atom. The summed E-state index contributed by atoms with van der Waals surface area (Å²) < 4.78 is 32.7. The molecule has 2 rings (SSSR count). The predicted octanol–water partition coefficient (Wildman–Crippen LogP) is 0.846. The Balaban J connectivity index is 1.82. The van der Waals surface area contributed by atoms with Gasteiger partial charge in [-0.2, -0.15) is 0 Å². The molecule has 0 aliphatic heterocycles. The third kappa shape index (κ3) is 4.30. The molecule has 1 heterocycles. The summed E-state index contributed by atoms with van der Waals surface area (Å²) in [5, 5.41) is 7.55. The summed E-state index contributed by atoms with van der Waals surface area (Å²) in [4.78, 5) is 11.5. The molecule has 0 aromatic carbocycles. The number of hydrogen-bond donors (Lipinski definition) is 2. The summed E-state index contributed by atoms with van der Waals surface area (Å²) >= 11 is 2.91. The first-order valence-electron chi connectivity index (χ1n) is 6.06. The minimum absolute atomic E-state index is 0.0878. The second-order valence-corrected chi connectivity index (χ2v) is 6.82. The molecule has 112 valence electrons. The van der Waals surface area contributed by atoms with Gasteiger partial charge in [0.2, 0.25) is 10.0 Å². The van der Waals surface area contributed by atoms with E-state index in [0.29, 0.717) is 19.1 Å². The van der Waals surface area contributed by atoms with Crippen LogP contribution in [0.5, 0.6) is 0 Å². The van der Waals surface area contributed by atoms with Crippen molar-refractivity contribution in [3.8, 4) is 0 Å². The summed E-state index contributed by atoms with van der Waals surface area (Å²) in [6.45, 7) is 1.46. The van der Waals surface area contributed by atoms with Crippen molar-refractivity contribution < 1.29 is 22.4 Å². The summed E-state index contributed by atoms with van der Waals surface area (Å²) in [5.41, 5.74) is 0. The largest absolute Gasteiger partial charge is 0.443 e. The fraction of sp³-hybridized carbons (Fsp3) is 0.545. The minimum atomic E-state index is -3.92. The number of amides is 1. The molecule has 3 N–H and O–H groups in total. The number of carbonyl (C=O) groups excluding carboxylic acids is 1. The summed E-state index contributed by atoms with van der Waals surface area (Å²) in [6, 6.07) is 1.08. The summed E-state index contributed by atoms with van der Waals surface area (Å²) in [5.74, 6) is 0.0303. The molecule has 9 heteroatoms. The molecule has 1 amide bonds. The molecule has 0 saturated heterocycles. The van der Waals surface area contributed by atoms with Gasteiger partial charge in [0, 0.05) is 19.2 Å². The normalized spacial score (nSPS) is 15.3. The van der Waals surface area contributed by atoms with E-state index in [4.69, 9.17) is 14.3 Å². The van der Waals surface area contributed by atoms with Crippen LogP contribution in [0.2, 0.25) is 0 Å². The Morgan fingerprint density at radius 3 is 2.80 bits per heavy atom. The first kappa shape index (κ1) is 15.5. The van der Waals surface area contributed by atoms with Gasteiger partial charge in [0.1, 0.15) is 4.90 Å². The molecule has 1 aromatic rings. The number of nitrogens with two attached hydrogens (primary N) is 1. The molecule has 1 fully saturated rings. The molecule has 1 aliphatic carbocycles. The molecule has 0 bridgehead atoms. The van der Waals surface area contributed by atoms with Gasteiger partial charge in [0.25, 0.3) is 5.91 Å².